The Morgan fingerprint density at radius 2 is 2.00 bits per heavy atom. The standard InChI is InChI=1S/C18H23F3N2O3/c1-10-5-8-14(26-10)15(24)23-17(25,18(19,20)21)12-9-11(16(2,3)4)6-7-13(12)22-23/h5,8,11-12,25H,6-7,9H2,1-4H3/t11-,12-,17+/m0/s1. The molecule has 5 nitrogen and oxygen atoms in total. The van der Waals surface area contributed by atoms with Gasteiger partial charge in [-0.1, -0.05) is 20.8 Å². The number of hydrazone groups is 1. The van der Waals surface area contributed by atoms with Crippen LogP contribution in [0.15, 0.2) is 21.7 Å². The number of carbonyl (C=O) groups is 1. The molecular formula is C18H23F3N2O3. The average Bonchev–Trinajstić information content (AvgIpc) is 3.07. The van der Waals surface area contributed by atoms with Gasteiger partial charge >= 0.3 is 12.1 Å². The maximum Gasteiger partial charge on any atom is 0.439 e. The van der Waals surface area contributed by atoms with Crippen molar-refractivity contribution in [3.63, 3.8) is 0 Å². The molecule has 2 aliphatic rings. The van der Waals surface area contributed by atoms with Gasteiger partial charge in [-0.15, -0.1) is 0 Å². The lowest BCUT2D eigenvalue weighted by Gasteiger charge is -2.42. The van der Waals surface area contributed by atoms with Crippen LogP contribution in [0.4, 0.5) is 13.2 Å². The minimum atomic E-state index is -5.04. The molecule has 0 spiro atoms. The summed E-state index contributed by atoms with van der Waals surface area (Å²) in [5, 5.41) is 14.8. The van der Waals surface area contributed by atoms with Crippen LogP contribution in [0, 0.1) is 24.2 Å². The predicted molar refractivity (Wildman–Crippen MR) is 88.3 cm³/mol. The van der Waals surface area contributed by atoms with E-state index in [1.165, 1.54) is 12.1 Å². The van der Waals surface area contributed by atoms with Gasteiger partial charge in [-0.05, 0) is 49.7 Å². The van der Waals surface area contributed by atoms with E-state index in [1.807, 2.05) is 20.8 Å². The Labute approximate surface area is 149 Å². The minimum absolute atomic E-state index is 0.0127. The van der Waals surface area contributed by atoms with Crippen molar-refractivity contribution >= 4 is 11.6 Å². The van der Waals surface area contributed by atoms with Gasteiger partial charge in [-0.3, -0.25) is 4.79 Å². The van der Waals surface area contributed by atoms with Crippen LogP contribution in [0.5, 0.6) is 0 Å². The molecule has 1 fully saturated rings. The lowest BCUT2D eigenvalue weighted by Crippen LogP contribution is -2.62. The summed E-state index contributed by atoms with van der Waals surface area (Å²) < 4.78 is 46.9. The second-order valence-electron chi connectivity index (χ2n) is 8.23. The summed E-state index contributed by atoms with van der Waals surface area (Å²) in [5.41, 5.74) is -3.33. The molecule has 0 saturated heterocycles. The summed E-state index contributed by atoms with van der Waals surface area (Å²) >= 11 is 0. The predicted octanol–water partition coefficient (Wildman–Crippen LogP) is 4.11. The van der Waals surface area contributed by atoms with E-state index < -0.39 is 23.7 Å². The number of aryl methyl sites for hydroxylation is 1. The van der Waals surface area contributed by atoms with Crippen molar-refractivity contribution in [1.82, 2.24) is 5.01 Å². The molecule has 1 amide bonds. The molecular weight excluding hydrogens is 349 g/mol. The summed E-state index contributed by atoms with van der Waals surface area (Å²) in [6, 6.07) is 2.76. The Morgan fingerprint density at radius 1 is 1.35 bits per heavy atom. The maximum atomic E-state index is 13.9. The number of furan rings is 1. The number of rotatable bonds is 1. The summed E-state index contributed by atoms with van der Waals surface area (Å²) in [5.74, 6) is -2.25. The summed E-state index contributed by atoms with van der Waals surface area (Å²) in [6.45, 7) is 7.48. The van der Waals surface area contributed by atoms with Crippen molar-refractivity contribution in [1.29, 1.82) is 0 Å². The zero-order chi connectivity index (χ0) is 19.5. The molecule has 1 aliphatic heterocycles. The van der Waals surface area contributed by atoms with Crippen LogP contribution in [0.2, 0.25) is 0 Å². The van der Waals surface area contributed by atoms with Gasteiger partial charge in [0, 0.05) is 5.71 Å². The summed E-state index contributed by atoms with van der Waals surface area (Å²) in [7, 11) is 0. The second-order valence-corrected chi connectivity index (χ2v) is 8.23. The lowest BCUT2D eigenvalue weighted by molar-refractivity contribution is -0.314. The highest BCUT2D eigenvalue weighted by Crippen LogP contribution is 2.52. The third-order valence-corrected chi connectivity index (χ3v) is 5.49. The fourth-order valence-electron chi connectivity index (χ4n) is 3.86. The van der Waals surface area contributed by atoms with Crippen molar-refractivity contribution in [3.05, 3.63) is 23.7 Å². The van der Waals surface area contributed by atoms with Crippen LogP contribution in [0.3, 0.4) is 0 Å². The Balaban J connectivity index is 2.01. The molecule has 3 rings (SSSR count). The van der Waals surface area contributed by atoms with Gasteiger partial charge in [0.2, 0.25) is 0 Å². The molecule has 0 aromatic carbocycles. The van der Waals surface area contributed by atoms with Gasteiger partial charge in [0.15, 0.2) is 5.76 Å². The SMILES string of the molecule is Cc1ccc(C(=O)N2N=C3CC[C@H](C(C)(C)C)C[C@@H]3[C@@]2(O)C(F)(F)F)o1. The smallest absolute Gasteiger partial charge is 0.439 e. The molecule has 1 aromatic heterocycles. The van der Waals surface area contributed by atoms with Crippen molar-refractivity contribution < 1.29 is 27.5 Å². The molecule has 8 heteroatoms. The van der Waals surface area contributed by atoms with Crippen molar-refractivity contribution in [2.24, 2.45) is 22.4 Å². The topological polar surface area (TPSA) is 66.0 Å². The van der Waals surface area contributed by atoms with Crippen LogP contribution in [-0.2, 0) is 0 Å². The first-order valence-electron chi connectivity index (χ1n) is 8.63. The highest BCUT2D eigenvalue weighted by Gasteiger charge is 2.69. The van der Waals surface area contributed by atoms with Crippen LogP contribution < -0.4 is 0 Å². The quantitative estimate of drug-likeness (QED) is 0.807. The van der Waals surface area contributed by atoms with E-state index in [4.69, 9.17) is 4.42 Å². The third-order valence-electron chi connectivity index (χ3n) is 5.49. The van der Waals surface area contributed by atoms with Gasteiger partial charge in [0.25, 0.3) is 5.72 Å². The number of fused-ring (bicyclic) bond motifs is 1. The Bertz CT molecular complexity index is 748. The van der Waals surface area contributed by atoms with Gasteiger partial charge in [0.1, 0.15) is 5.76 Å². The van der Waals surface area contributed by atoms with Gasteiger partial charge in [-0.25, -0.2) is 0 Å². The summed E-state index contributed by atoms with van der Waals surface area (Å²) in [6.07, 6.45) is -3.92. The number of aliphatic hydroxyl groups is 1. The monoisotopic (exact) mass is 372 g/mol. The fraction of sp³-hybridized carbons (Fsp3) is 0.667. The maximum absolute atomic E-state index is 13.9. The average molecular weight is 372 g/mol. The van der Waals surface area contributed by atoms with E-state index >= 15 is 0 Å². The van der Waals surface area contributed by atoms with Crippen molar-refractivity contribution in [2.75, 3.05) is 0 Å². The fourth-order valence-corrected chi connectivity index (χ4v) is 3.86. The highest BCUT2D eigenvalue weighted by atomic mass is 19.4. The van der Waals surface area contributed by atoms with Crippen LogP contribution in [0.1, 0.15) is 56.3 Å². The minimum Gasteiger partial charge on any atom is -0.456 e. The first-order valence-corrected chi connectivity index (χ1v) is 8.63. The number of halogens is 3. The van der Waals surface area contributed by atoms with E-state index in [0.717, 1.165) is 0 Å². The zero-order valence-electron chi connectivity index (χ0n) is 15.2. The van der Waals surface area contributed by atoms with Gasteiger partial charge in [0.05, 0.1) is 5.92 Å². The van der Waals surface area contributed by atoms with E-state index in [-0.39, 0.29) is 34.2 Å². The molecule has 0 radical (unpaired) electrons. The van der Waals surface area contributed by atoms with Crippen molar-refractivity contribution in [3.8, 4) is 0 Å². The number of alkyl halides is 3. The molecule has 1 saturated carbocycles. The zero-order valence-corrected chi connectivity index (χ0v) is 15.2. The Morgan fingerprint density at radius 3 is 2.50 bits per heavy atom. The Hall–Kier alpha value is -1.83. The summed E-state index contributed by atoms with van der Waals surface area (Å²) in [4.78, 5) is 12.6. The molecule has 2 heterocycles. The molecule has 0 unspecified atom stereocenters. The van der Waals surface area contributed by atoms with Crippen LogP contribution >= 0.6 is 0 Å². The molecule has 0 bridgehead atoms. The first kappa shape index (κ1) is 18.9. The molecule has 3 atom stereocenters. The van der Waals surface area contributed by atoms with Crippen molar-refractivity contribution in [2.45, 2.75) is 58.9 Å². The molecule has 1 N–H and O–H groups in total. The van der Waals surface area contributed by atoms with Gasteiger partial charge < -0.3 is 9.52 Å². The number of hydrogen-bond donors (Lipinski definition) is 1. The number of carbonyl (C=O) groups excluding carboxylic acids is 1. The normalized spacial score (nSPS) is 29.5. The largest absolute Gasteiger partial charge is 0.456 e. The molecule has 144 valence electrons. The highest BCUT2D eigenvalue weighted by molar-refractivity contribution is 5.98. The third kappa shape index (κ3) is 2.84. The Kier molecular flexibility index (Phi) is 4.25. The van der Waals surface area contributed by atoms with E-state index in [1.54, 1.807) is 6.92 Å². The van der Waals surface area contributed by atoms with E-state index in [2.05, 4.69) is 5.10 Å². The second kappa shape index (κ2) is 5.84. The van der Waals surface area contributed by atoms with Crippen LogP contribution in [-0.4, -0.2) is 33.6 Å². The number of nitrogens with zero attached hydrogens (tertiary/aromatic N) is 2. The number of hydrogen-bond acceptors (Lipinski definition) is 4. The van der Waals surface area contributed by atoms with E-state index in [9.17, 15) is 23.1 Å². The molecule has 1 aliphatic carbocycles. The first-order chi connectivity index (χ1) is 11.9. The van der Waals surface area contributed by atoms with Crippen LogP contribution in [0.25, 0.3) is 0 Å². The lowest BCUT2D eigenvalue weighted by atomic mass is 9.66. The number of amides is 1. The molecule has 26 heavy (non-hydrogen) atoms. The molecule has 1 aromatic rings. The van der Waals surface area contributed by atoms with Gasteiger partial charge in [-0.2, -0.15) is 23.3 Å². The van der Waals surface area contributed by atoms with E-state index in [0.29, 0.717) is 18.6 Å².